The fourth-order valence-electron chi connectivity index (χ4n) is 4.64. The van der Waals surface area contributed by atoms with E-state index in [1.165, 1.54) is 5.56 Å². The van der Waals surface area contributed by atoms with Crippen LogP contribution in [-0.4, -0.2) is 35.1 Å². The smallest absolute Gasteiger partial charge is 0.336 e. The second kappa shape index (κ2) is 9.19. The number of likely N-dealkylation sites (tertiary alicyclic amines) is 1. The van der Waals surface area contributed by atoms with Crippen LogP contribution < -0.4 is 9.47 Å². The van der Waals surface area contributed by atoms with E-state index in [9.17, 15) is 9.59 Å². The highest BCUT2D eigenvalue weighted by Gasteiger charge is 2.25. The first-order chi connectivity index (χ1) is 16.1. The van der Waals surface area contributed by atoms with Gasteiger partial charge in [0.25, 0.3) is 0 Å². The molecule has 0 saturated carbocycles. The van der Waals surface area contributed by atoms with Crippen molar-refractivity contribution in [2.75, 3.05) is 13.1 Å². The maximum Gasteiger partial charge on any atom is 0.336 e. The zero-order valence-corrected chi connectivity index (χ0v) is 18.6. The van der Waals surface area contributed by atoms with Crippen molar-refractivity contribution in [2.24, 2.45) is 5.92 Å². The minimum absolute atomic E-state index is 0.301. The van der Waals surface area contributed by atoms with Crippen LogP contribution in [0, 0.1) is 12.8 Å². The Morgan fingerprint density at radius 1 is 1.03 bits per heavy atom. The van der Waals surface area contributed by atoms with Gasteiger partial charge in [0.1, 0.15) is 5.75 Å². The van der Waals surface area contributed by atoms with Crippen molar-refractivity contribution in [3.63, 3.8) is 0 Å². The van der Waals surface area contributed by atoms with Crippen LogP contribution in [0.2, 0.25) is 0 Å². The summed E-state index contributed by atoms with van der Waals surface area (Å²) in [7, 11) is 0. The van der Waals surface area contributed by atoms with Gasteiger partial charge in [0, 0.05) is 30.3 Å². The zero-order valence-electron chi connectivity index (χ0n) is 18.6. The summed E-state index contributed by atoms with van der Waals surface area (Å²) < 4.78 is 16.4. The van der Waals surface area contributed by atoms with E-state index in [1.807, 2.05) is 0 Å². The molecule has 0 unspecified atom stereocenters. The van der Waals surface area contributed by atoms with Crippen LogP contribution in [0.25, 0.3) is 11.0 Å². The first-order valence-electron chi connectivity index (χ1n) is 11.4. The normalized spacial score (nSPS) is 18.3. The first kappa shape index (κ1) is 21.4. The van der Waals surface area contributed by atoms with E-state index >= 15 is 0 Å². The highest BCUT2D eigenvalue weighted by atomic mass is 16.6. The fourth-order valence-corrected chi connectivity index (χ4v) is 4.64. The summed E-state index contributed by atoms with van der Waals surface area (Å²) in [6, 6.07) is 12.2. The summed E-state index contributed by atoms with van der Waals surface area (Å²) in [5.74, 6) is -0.00818. The molecular weight excluding hydrogens is 420 g/mol. The lowest BCUT2D eigenvalue weighted by atomic mass is 9.90. The molecule has 2 aliphatic rings. The molecule has 2 aliphatic heterocycles. The number of fused-ring (bicyclic) bond motifs is 4. The number of carbonyl (C=O) groups is 2. The van der Waals surface area contributed by atoms with E-state index < -0.39 is 11.9 Å². The van der Waals surface area contributed by atoms with Gasteiger partial charge < -0.3 is 14.0 Å². The molecule has 1 fully saturated rings. The van der Waals surface area contributed by atoms with Gasteiger partial charge >= 0.3 is 11.9 Å². The third kappa shape index (κ3) is 4.68. The number of carbonyl (C=O) groups excluding carboxylic acids is 2. The van der Waals surface area contributed by atoms with Gasteiger partial charge in [-0.2, -0.15) is 0 Å². The highest BCUT2D eigenvalue weighted by molar-refractivity contribution is 5.98. The van der Waals surface area contributed by atoms with Crippen molar-refractivity contribution in [3.8, 4) is 11.5 Å². The summed E-state index contributed by atoms with van der Waals surface area (Å²) in [5, 5.41) is 4.94. The Labute approximate surface area is 191 Å². The summed E-state index contributed by atoms with van der Waals surface area (Å²) >= 11 is 0. The molecule has 2 aromatic carbocycles. The Morgan fingerprint density at radius 2 is 1.76 bits per heavy atom. The minimum Gasteiger partial charge on any atom is -0.423 e. The van der Waals surface area contributed by atoms with Crippen LogP contribution in [-0.2, 0) is 22.6 Å². The van der Waals surface area contributed by atoms with Crippen LogP contribution in [0.3, 0.4) is 0 Å². The largest absolute Gasteiger partial charge is 0.423 e. The van der Waals surface area contributed by atoms with Gasteiger partial charge in [-0.3, -0.25) is 4.90 Å². The second-order valence-electron chi connectivity index (χ2n) is 8.75. The Kier molecular flexibility index (Phi) is 5.96. The van der Waals surface area contributed by atoms with Gasteiger partial charge in [0.15, 0.2) is 11.3 Å². The van der Waals surface area contributed by atoms with E-state index in [2.05, 4.69) is 40.4 Å². The maximum atomic E-state index is 12.2. The van der Waals surface area contributed by atoms with E-state index in [0.717, 1.165) is 63.2 Å². The Balaban J connectivity index is 1.28. The number of piperidine rings is 1. The summed E-state index contributed by atoms with van der Waals surface area (Å²) in [4.78, 5) is 26.5. The third-order valence-corrected chi connectivity index (χ3v) is 6.50. The molecule has 0 aliphatic carbocycles. The number of hydrogen-bond acceptors (Lipinski definition) is 7. The number of aromatic nitrogens is 1. The molecule has 0 N–H and O–H groups in total. The molecule has 0 radical (unpaired) electrons. The molecule has 3 aromatic rings. The van der Waals surface area contributed by atoms with Crippen molar-refractivity contribution >= 4 is 22.9 Å². The topological polar surface area (TPSA) is 81.9 Å². The maximum absolute atomic E-state index is 12.2. The molecule has 3 heterocycles. The van der Waals surface area contributed by atoms with Crippen LogP contribution >= 0.6 is 0 Å². The molecule has 1 saturated heterocycles. The number of benzene rings is 2. The van der Waals surface area contributed by atoms with Crippen LogP contribution in [0.15, 0.2) is 53.1 Å². The lowest BCUT2D eigenvalue weighted by molar-refractivity contribution is -0.131. The van der Waals surface area contributed by atoms with Crippen LogP contribution in [0.1, 0.15) is 36.1 Å². The molecule has 0 amide bonds. The van der Waals surface area contributed by atoms with Gasteiger partial charge in [-0.05, 0) is 57.2 Å². The molecule has 7 nitrogen and oxygen atoms in total. The fraction of sp³-hybridized carbons (Fsp3) is 0.346. The van der Waals surface area contributed by atoms with Crippen LogP contribution in [0.5, 0.6) is 11.5 Å². The van der Waals surface area contributed by atoms with Crippen LogP contribution in [0.4, 0.5) is 0 Å². The van der Waals surface area contributed by atoms with Crippen molar-refractivity contribution in [1.29, 1.82) is 0 Å². The van der Waals surface area contributed by atoms with E-state index in [4.69, 9.17) is 14.0 Å². The van der Waals surface area contributed by atoms with Gasteiger partial charge in [-0.1, -0.05) is 35.5 Å². The van der Waals surface area contributed by atoms with Gasteiger partial charge in [0.05, 0.1) is 11.1 Å². The monoisotopic (exact) mass is 446 g/mol. The molecule has 7 heteroatoms. The predicted molar refractivity (Wildman–Crippen MR) is 122 cm³/mol. The molecule has 1 aromatic heterocycles. The molecular formula is C26H26N2O5. The number of rotatable bonds is 5. The quantitative estimate of drug-likeness (QED) is 0.425. The average Bonchev–Trinajstić information content (AvgIpc) is 3.23. The number of esters is 2. The summed E-state index contributed by atoms with van der Waals surface area (Å²) in [6.07, 6.45) is 6.14. The van der Waals surface area contributed by atoms with Crippen molar-refractivity contribution in [3.05, 3.63) is 65.4 Å². The molecule has 170 valence electrons. The number of ether oxygens (including phenoxy) is 2. The van der Waals surface area contributed by atoms with E-state index in [1.54, 1.807) is 13.0 Å². The zero-order chi connectivity index (χ0) is 22.8. The SMILES string of the molecule is Cc1c2cc3onc(CCC4CCN(Cc5ccccc5)CC4)c3c1OC(=O)/C=C\C(=O)O2. The van der Waals surface area contributed by atoms with Crippen molar-refractivity contribution in [1.82, 2.24) is 10.1 Å². The summed E-state index contributed by atoms with van der Waals surface area (Å²) in [6.45, 7) is 4.93. The third-order valence-electron chi connectivity index (χ3n) is 6.50. The lowest BCUT2D eigenvalue weighted by Crippen LogP contribution is -2.33. The highest BCUT2D eigenvalue weighted by Crippen LogP contribution is 2.40. The van der Waals surface area contributed by atoms with Gasteiger partial charge in [-0.15, -0.1) is 0 Å². The Morgan fingerprint density at radius 3 is 2.52 bits per heavy atom. The van der Waals surface area contributed by atoms with E-state index in [-0.39, 0.29) is 0 Å². The molecule has 5 rings (SSSR count). The van der Waals surface area contributed by atoms with Crippen molar-refractivity contribution < 1.29 is 23.6 Å². The molecule has 0 atom stereocenters. The first-order valence-corrected chi connectivity index (χ1v) is 11.4. The standard InChI is InChI=1S/C26H26N2O5/c1-17-21-15-22-25(26(17)32-24(30)10-9-23(29)31-21)20(27-33-22)8-7-18-11-13-28(14-12-18)16-19-5-3-2-4-6-19/h2-6,9-10,15,18H,7-8,11-14,16H2,1H3/b10-9-. The lowest BCUT2D eigenvalue weighted by Gasteiger charge is -2.32. The average molecular weight is 447 g/mol. The number of hydrogen-bond donors (Lipinski definition) is 0. The van der Waals surface area contributed by atoms with Crippen molar-refractivity contribution in [2.45, 2.75) is 39.2 Å². The van der Waals surface area contributed by atoms with Gasteiger partial charge in [0.2, 0.25) is 0 Å². The van der Waals surface area contributed by atoms with Gasteiger partial charge in [-0.25, -0.2) is 9.59 Å². The molecule has 0 spiro atoms. The predicted octanol–water partition coefficient (Wildman–Crippen LogP) is 4.36. The Hall–Kier alpha value is -3.45. The van der Waals surface area contributed by atoms with E-state index in [0.29, 0.717) is 33.9 Å². The summed E-state index contributed by atoms with van der Waals surface area (Å²) in [5.41, 5.74) is 3.14. The minimum atomic E-state index is -0.638. The molecule has 2 bridgehead atoms. The Bertz CT molecular complexity index is 1210. The number of nitrogens with zero attached hydrogens (tertiary/aromatic N) is 2. The number of aryl methyl sites for hydroxylation is 1. The molecule has 33 heavy (non-hydrogen) atoms. The second-order valence-corrected chi connectivity index (χ2v) is 8.75.